The average molecular weight is 577 g/mol. The van der Waals surface area contributed by atoms with Crippen LogP contribution in [0.2, 0.25) is 0 Å². The highest BCUT2D eigenvalue weighted by atomic mass is 19.4. The Morgan fingerprint density at radius 1 is 1.24 bits per heavy atom. The summed E-state index contributed by atoms with van der Waals surface area (Å²) in [7, 11) is 0. The number of nitrogens with zero attached hydrogens (tertiary/aromatic N) is 6. The predicted octanol–water partition coefficient (Wildman–Crippen LogP) is 4.20. The van der Waals surface area contributed by atoms with Crippen molar-refractivity contribution >= 4 is 17.6 Å². The minimum atomic E-state index is -4.62. The number of carbonyl (C=O) groups excluding carboxylic acids is 2. The van der Waals surface area contributed by atoms with Crippen LogP contribution in [-0.2, 0) is 4.74 Å². The lowest BCUT2D eigenvalue weighted by atomic mass is 10.0. The van der Waals surface area contributed by atoms with Gasteiger partial charge in [-0.15, -0.1) is 0 Å². The van der Waals surface area contributed by atoms with E-state index in [1.54, 1.807) is 18.5 Å². The van der Waals surface area contributed by atoms with E-state index in [1.807, 2.05) is 24.8 Å². The normalized spacial score (nSPS) is 18.0. The van der Waals surface area contributed by atoms with Gasteiger partial charge in [0.15, 0.2) is 11.2 Å². The van der Waals surface area contributed by atoms with Crippen LogP contribution in [0.25, 0.3) is 5.65 Å². The fourth-order valence-electron chi connectivity index (χ4n) is 4.98. The molecule has 2 unspecified atom stereocenters. The second-order valence-corrected chi connectivity index (χ2v) is 11.4. The Hall–Kier alpha value is -3.68. The second-order valence-electron chi connectivity index (χ2n) is 11.4. The summed E-state index contributed by atoms with van der Waals surface area (Å²) >= 11 is 0. The number of imidazole rings is 1. The lowest BCUT2D eigenvalue weighted by Crippen LogP contribution is -2.48. The van der Waals surface area contributed by atoms with Crippen LogP contribution in [0.15, 0.2) is 30.7 Å². The number of nitrogens with one attached hydrogen (secondary N) is 2. The third-order valence-electron chi connectivity index (χ3n) is 7.57. The molecule has 3 aromatic heterocycles. The van der Waals surface area contributed by atoms with Crippen molar-refractivity contribution in [3.8, 4) is 0 Å². The number of hydrogen-bond acceptors (Lipinski definition) is 6. The van der Waals surface area contributed by atoms with Gasteiger partial charge in [0.2, 0.25) is 0 Å². The molecule has 2 aliphatic rings. The number of carbonyl (C=O) groups is 2. The van der Waals surface area contributed by atoms with Crippen LogP contribution in [0, 0.1) is 5.92 Å². The molecule has 222 valence electrons. The smallest absolute Gasteiger partial charge is 0.364 e. The zero-order chi connectivity index (χ0) is 29.5. The van der Waals surface area contributed by atoms with Gasteiger partial charge in [-0.3, -0.25) is 9.48 Å². The van der Waals surface area contributed by atoms with Gasteiger partial charge in [-0.25, -0.2) is 14.3 Å². The van der Waals surface area contributed by atoms with E-state index < -0.39 is 30.3 Å². The van der Waals surface area contributed by atoms with Gasteiger partial charge in [0, 0.05) is 25.3 Å². The lowest BCUT2D eigenvalue weighted by molar-refractivity contribution is -0.265. The van der Waals surface area contributed by atoms with E-state index in [0.29, 0.717) is 24.7 Å². The highest BCUT2D eigenvalue weighted by molar-refractivity contribution is 5.92. The molecule has 0 bridgehead atoms. The van der Waals surface area contributed by atoms with Crippen LogP contribution in [0.5, 0.6) is 0 Å². The molecule has 2 atom stereocenters. The SMILES string of the molecule is CC(C)n1nccc1C(=O)NC(COC(C)(C)C(F)(F)F)c1cn2ncc(C(C3CC3)N3CCCNC3=O)cc2n1. The van der Waals surface area contributed by atoms with Crippen LogP contribution >= 0.6 is 0 Å². The maximum Gasteiger partial charge on any atom is 0.416 e. The number of halogens is 3. The molecule has 3 aromatic rings. The van der Waals surface area contributed by atoms with Crippen molar-refractivity contribution in [3.63, 3.8) is 0 Å². The van der Waals surface area contributed by atoms with E-state index in [-0.39, 0.29) is 29.5 Å². The minimum Gasteiger partial charge on any atom is -0.364 e. The number of rotatable bonds is 10. The molecule has 3 amide bonds. The van der Waals surface area contributed by atoms with Gasteiger partial charge in [-0.1, -0.05) is 0 Å². The standard InChI is InChI=1S/C27H35F3N8O3/c1-16(2)38-21(8-10-32-38)24(39)35-20(15-41-26(3,4)27(28,29)30)19-14-37-22(34-19)12-18(13-33-37)23(17-6-7-17)36-11-5-9-31-25(36)40/h8,10,12-14,16-17,20,23H,5-7,9,11,15H2,1-4H3,(H,31,40)(H,35,39). The number of aromatic nitrogens is 5. The van der Waals surface area contributed by atoms with Crippen molar-refractivity contribution in [3.05, 3.63) is 47.7 Å². The number of hydrogen-bond donors (Lipinski definition) is 2. The summed E-state index contributed by atoms with van der Waals surface area (Å²) in [6, 6.07) is 2.01. The molecule has 41 heavy (non-hydrogen) atoms. The van der Waals surface area contributed by atoms with Gasteiger partial charge in [0.25, 0.3) is 5.91 Å². The van der Waals surface area contributed by atoms with Gasteiger partial charge in [-0.2, -0.15) is 23.4 Å². The van der Waals surface area contributed by atoms with Gasteiger partial charge in [0.05, 0.1) is 36.8 Å². The van der Waals surface area contributed by atoms with E-state index in [4.69, 9.17) is 4.74 Å². The number of fused-ring (bicyclic) bond motifs is 1. The highest BCUT2D eigenvalue weighted by Crippen LogP contribution is 2.45. The van der Waals surface area contributed by atoms with E-state index in [0.717, 1.165) is 38.7 Å². The Kier molecular flexibility index (Phi) is 7.70. The first kappa shape index (κ1) is 28.8. The van der Waals surface area contributed by atoms with Crippen molar-refractivity contribution in [2.45, 2.75) is 76.9 Å². The summed E-state index contributed by atoms with van der Waals surface area (Å²) < 4.78 is 49.0. The molecule has 1 saturated carbocycles. The maximum absolute atomic E-state index is 13.6. The maximum atomic E-state index is 13.6. The zero-order valence-corrected chi connectivity index (χ0v) is 23.5. The molecule has 1 aliphatic carbocycles. The van der Waals surface area contributed by atoms with Crippen molar-refractivity contribution in [1.82, 2.24) is 39.9 Å². The van der Waals surface area contributed by atoms with Crippen molar-refractivity contribution in [1.29, 1.82) is 0 Å². The second kappa shape index (κ2) is 11.0. The Labute approximate surface area is 235 Å². The molecule has 0 spiro atoms. The van der Waals surface area contributed by atoms with Crippen molar-refractivity contribution < 1.29 is 27.5 Å². The van der Waals surface area contributed by atoms with E-state index >= 15 is 0 Å². The summed E-state index contributed by atoms with van der Waals surface area (Å²) in [6.07, 6.45) is 2.99. The number of amides is 3. The molecule has 0 aromatic carbocycles. The molecular formula is C27H35F3N8O3. The van der Waals surface area contributed by atoms with Crippen molar-refractivity contribution in [2.24, 2.45) is 5.92 Å². The Morgan fingerprint density at radius 3 is 2.66 bits per heavy atom. The first-order chi connectivity index (χ1) is 19.4. The molecule has 0 radical (unpaired) electrons. The zero-order valence-electron chi connectivity index (χ0n) is 23.5. The number of ether oxygens (including phenoxy) is 1. The number of alkyl halides is 3. The molecule has 1 saturated heterocycles. The third kappa shape index (κ3) is 6.02. The average Bonchev–Trinajstić information content (AvgIpc) is 3.43. The quantitative estimate of drug-likeness (QED) is 0.374. The molecule has 14 heteroatoms. The first-order valence-electron chi connectivity index (χ1n) is 13.8. The summed E-state index contributed by atoms with van der Waals surface area (Å²) in [5, 5.41) is 14.4. The fourth-order valence-corrected chi connectivity index (χ4v) is 4.98. The Balaban J connectivity index is 1.45. The van der Waals surface area contributed by atoms with Crippen molar-refractivity contribution in [2.75, 3.05) is 19.7 Å². The summed E-state index contributed by atoms with van der Waals surface area (Å²) in [5.41, 5.74) is -0.619. The summed E-state index contributed by atoms with van der Waals surface area (Å²) in [5.74, 6) is -0.196. The summed E-state index contributed by atoms with van der Waals surface area (Å²) in [4.78, 5) is 32.3. The van der Waals surface area contributed by atoms with E-state index in [2.05, 4.69) is 25.8 Å². The van der Waals surface area contributed by atoms with Crippen LogP contribution in [0.3, 0.4) is 0 Å². The molecule has 1 aliphatic heterocycles. The highest BCUT2D eigenvalue weighted by Gasteiger charge is 2.49. The fraction of sp³-hybridized carbons (Fsp3) is 0.593. The Bertz CT molecular complexity index is 1410. The molecule has 2 fully saturated rings. The van der Waals surface area contributed by atoms with Gasteiger partial charge < -0.3 is 20.3 Å². The molecular weight excluding hydrogens is 541 g/mol. The molecule has 4 heterocycles. The molecule has 11 nitrogen and oxygen atoms in total. The first-order valence-corrected chi connectivity index (χ1v) is 13.8. The predicted molar refractivity (Wildman–Crippen MR) is 142 cm³/mol. The topological polar surface area (TPSA) is 119 Å². The van der Waals surface area contributed by atoms with Gasteiger partial charge >= 0.3 is 12.2 Å². The van der Waals surface area contributed by atoms with Gasteiger partial charge in [-0.05, 0) is 70.6 Å². The largest absolute Gasteiger partial charge is 0.416 e. The summed E-state index contributed by atoms with van der Waals surface area (Å²) in [6.45, 7) is 6.41. The van der Waals surface area contributed by atoms with Crippen LogP contribution in [0.4, 0.5) is 18.0 Å². The van der Waals surface area contributed by atoms with E-state index in [1.165, 1.54) is 15.4 Å². The third-order valence-corrected chi connectivity index (χ3v) is 7.57. The van der Waals surface area contributed by atoms with Gasteiger partial charge in [0.1, 0.15) is 5.69 Å². The number of urea groups is 1. The Morgan fingerprint density at radius 2 is 2.00 bits per heavy atom. The van der Waals surface area contributed by atoms with Crippen LogP contribution < -0.4 is 10.6 Å². The lowest BCUT2D eigenvalue weighted by Gasteiger charge is -2.35. The van der Waals surface area contributed by atoms with Crippen LogP contribution in [-0.4, -0.2) is 72.7 Å². The van der Waals surface area contributed by atoms with Crippen LogP contribution in [0.1, 0.15) is 86.8 Å². The monoisotopic (exact) mass is 576 g/mol. The molecule has 5 rings (SSSR count). The van der Waals surface area contributed by atoms with E-state index in [9.17, 15) is 22.8 Å². The minimum absolute atomic E-state index is 0.107. The molecule has 2 N–H and O–H groups in total.